The number of halogens is 2. The van der Waals surface area contributed by atoms with Crippen LogP contribution in [-0.4, -0.2) is 46.7 Å². The molecule has 1 heterocycles. The second-order valence-electron chi connectivity index (χ2n) is 8.49. The summed E-state index contributed by atoms with van der Waals surface area (Å²) in [6, 6.07) is 21.1. The van der Waals surface area contributed by atoms with Crippen LogP contribution in [0.3, 0.4) is 0 Å². The molecule has 2 aromatic carbocycles. The van der Waals surface area contributed by atoms with E-state index in [4.69, 9.17) is 22.1 Å². The molecule has 1 aromatic heterocycles. The highest BCUT2D eigenvalue weighted by atomic mass is 35.5. The number of ether oxygens (including phenoxy) is 1. The molecule has 8 heteroatoms. The molecule has 1 aliphatic carbocycles. The number of rotatable bonds is 8. The smallest absolute Gasteiger partial charge is 0.274 e. The Kier molecular flexibility index (Phi) is 9.28. The first-order chi connectivity index (χ1) is 16.1. The van der Waals surface area contributed by atoms with Crippen LogP contribution in [0.25, 0.3) is 0 Å². The first-order valence-corrected chi connectivity index (χ1v) is 11.7. The van der Waals surface area contributed by atoms with Crippen LogP contribution in [-0.2, 0) is 5.41 Å². The van der Waals surface area contributed by atoms with Crippen molar-refractivity contribution in [1.29, 1.82) is 0 Å². The van der Waals surface area contributed by atoms with Gasteiger partial charge in [-0.25, -0.2) is 0 Å². The Balaban J connectivity index is 0.00000324. The fraction of sp³-hybridized carbons (Fsp3) is 0.346. The number of hydrogen-bond acceptors (Lipinski definition) is 5. The molecule has 0 radical (unpaired) electrons. The summed E-state index contributed by atoms with van der Waals surface area (Å²) >= 11 is 6.26. The van der Waals surface area contributed by atoms with E-state index in [1.165, 1.54) is 5.56 Å². The van der Waals surface area contributed by atoms with Crippen molar-refractivity contribution in [2.45, 2.75) is 37.1 Å². The number of aromatic nitrogens is 2. The summed E-state index contributed by atoms with van der Waals surface area (Å²) in [5.41, 5.74) is 7.68. The summed E-state index contributed by atoms with van der Waals surface area (Å²) < 4.78 is 5.89. The molecule has 6 nitrogen and oxygen atoms in total. The van der Waals surface area contributed by atoms with Crippen molar-refractivity contribution in [3.8, 4) is 5.75 Å². The van der Waals surface area contributed by atoms with Crippen LogP contribution < -0.4 is 10.5 Å². The summed E-state index contributed by atoms with van der Waals surface area (Å²) in [6.07, 6.45) is 5.04. The fourth-order valence-electron chi connectivity index (χ4n) is 4.69. The number of carbonyl (C=O) groups is 1. The highest BCUT2D eigenvalue weighted by Gasteiger charge is 2.39. The summed E-state index contributed by atoms with van der Waals surface area (Å²) in [4.78, 5) is 15.3. The summed E-state index contributed by atoms with van der Waals surface area (Å²) in [5.74, 6) is 0.670. The van der Waals surface area contributed by atoms with E-state index in [-0.39, 0.29) is 29.8 Å². The van der Waals surface area contributed by atoms with E-state index in [9.17, 15) is 4.79 Å². The molecule has 0 bridgehead atoms. The maximum atomic E-state index is 13.4. The van der Waals surface area contributed by atoms with Crippen molar-refractivity contribution in [2.75, 3.05) is 19.7 Å². The van der Waals surface area contributed by atoms with E-state index in [1.54, 1.807) is 18.3 Å². The number of benzene rings is 2. The highest BCUT2D eigenvalue weighted by molar-refractivity contribution is 6.30. The zero-order chi connectivity index (χ0) is 23.1. The molecule has 4 rings (SSSR count). The standard InChI is InChI=1S/C26H29ClN4O2.ClH/c27-21-7-4-6-20(18-21)26(19-28)13-11-22(12-14-26)31(25(32)24-10-5-15-29-30-24)16-17-33-23-8-2-1-3-9-23;/h1-10,15,18,22H,11-14,16-17,19,28H2;1H/t22-,26+;. The van der Waals surface area contributed by atoms with Gasteiger partial charge >= 0.3 is 0 Å². The van der Waals surface area contributed by atoms with Crippen LogP contribution in [0.2, 0.25) is 5.02 Å². The topological polar surface area (TPSA) is 81.3 Å². The van der Waals surface area contributed by atoms with Gasteiger partial charge in [-0.15, -0.1) is 17.5 Å². The van der Waals surface area contributed by atoms with Crippen LogP contribution >= 0.6 is 24.0 Å². The third kappa shape index (κ3) is 6.06. The van der Waals surface area contributed by atoms with Gasteiger partial charge in [0.1, 0.15) is 12.4 Å². The van der Waals surface area contributed by atoms with Crippen molar-refractivity contribution in [3.05, 3.63) is 89.2 Å². The van der Waals surface area contributed by atoms with E-state index in [2.05, 4.69) is 16.3 Å². The molecule has 0 aliphatic heterocycles. The molecule has 2 N–H and O–H groups in total. The van der Waals surface area contributed by atoms with Crippen molar-refractivity contribution in [2.24, 2.45) is 5.73 Å². The Labute approximate surface area is 211 Å². The van der Waals surface area contributed by atoms with Crippen molar-refractivity contribution < 1.29 is 9.53 Å². The van der Waals surface area contributed by atoms with Gasteiger partial charge in [0.2, 0.25) is 0 Å². The van der Waals surface area contributed by atoms with Gasteiger partial charge in [0.05, 0.1) is 6.54 Å². The normalized spacial score (nSPS) is 19.6. The molecule has 1 aliphatic rings. The third-order valence-corrected chi connectivity index (χ3v) is 6.81. The minimum absolute atomic E-state index is 0. The summed E-state index contributed by atoms with van der Waals surface area (Å²) in [6.45, 7) is 1.43. The molecule has 34 heavy (non-hydrogen) atoms. The molecule has 0 unspecified atom stereocenters. The van der Waals surface area contributed by atoms with Crippen molar-refractivity contribution in [1.82, 2.24) is 15.1 Å². The Morgan fingerprint density at radius 1 is 1.09 bits per heavy atom. The molecule has 1 amide bonds. The van der Waals surface area contributed by atoms with E-state index in [0.29, 0.717) is 25.4 Å². The average Bonchev–Trinajstić information content (AvgIpc) is 2.88. The number of carbonyl (C=O) groups excluding carboxylic acids is 1. The molecule has 0 spiro atoms. The first kappa shape index (κ1) is 25.9. The van der Waals surface area contributed by atoms with Gasteiger partial charge < -0.3 is 15.4 Å². The van der Waals surface area contributed by atoms with E-state index >= 15 is 0 Å². The SMILES string of the molecule is Cl.NC[C@]1(c2cccc(Cl)c2)CC[C@@H](N(CCOc2ccccc2)C(=O)c2cccnn2)CC1. The molecule has 3 aromatic rings. The van der Waals surface area contributed by atoms with Crippen LogP contribution in [0.1, 0.15) is 41.7 Å². The van der Waals surface area contributed by atoms with Gasteiger partial charge in [0.15, 0.2) is 5.69 Å². The van der Waals surface area contributed by atoms with Gasteiger partial charge in [-0.2, -0.15) is 5.10 Å². The van der Waals surface area contributed by atoms with E-state index < -0.39 is 0 Å². The summed E-state index contributed by atoms with van der Waals surface area (Å²) in [7, 11) is 0. The van der Waals surface area contributed by atoms with Gasteiger partial charge in [-0.1, -0.05) is 41.9 Å². The number of nitrogens with zero attached hydrogens (tertiary/aromatic N) is 3. The second-order valence-corrected chi connectivity index (χ2v) is 8.93. The molecule has 0 saturated heterocycles. The van der Waals surface area contributed by atoms with Crippen LogP contribution in [0.4, 0.5) is 0 Å². The second kappa shape index (κ2) is 12.2. The average molecular weight is 501 g/mol. The molecule has 1 fully saturated rings. The lowest BCUT2D eigenvalue weighted by Crippen LogP contribution is -2.48. The number of amides is 1. The van der Waals surface area contributed by atoms with Gasteiger partial charge in [-0.3, -0.25) is 4.79 Å². The fourth-order valence-corrected chi connectivity index (χ4v) is 4.88. The molecule has 0 atom stereocenters. The lowest BCUT2D eigenvalue weighted by molar-refractivity contribution is 0.0548. The Morgan fingerprint density at radius 3 is 2.50 bits per heavy atom. The molecular weight excluding hydrogens is 471 g/mol. The summed E-state index contributed by atoms with van der Waals surface area (Å²) in [5, 5.41) is 8.66. The maximum absolute atomic E-state index is 13.4. The lowest BCUT2D eigenvalue weighted by atomic mass is 9.68. The predicted octanol–water partition coefficient (Wildman–Crippen LogP) is 4.91. The zero-order valence-electron chi connectivity index (χ0n) is 19.0. The largest absolute Gasteiger partial charge is 0.492 e. The van der Waals surface area contributed by atoms with Crippen LogP contribution in [0.5, 0.6) is 5.75 Å². The van der Waals surface area contributed by atoms with E-state index in [1.807, 2.05) is 53.4 Å². The molecule has 1 saturated carbocycles. The van der Waals surface area contributed by atoms with Crippen LogP contribution in [0.15, 0.2) is 72.9 Å². The monoisotopic (exact) mass is 500 g/mol. The van der Waals surface area contributed by atoms with Gasteiger partial charge in [0.25, 0.3) is 5.91 Å². The quantitative estimate of drug-likeness (QED) is 0.474. The lowest BCUT2D eigenvalue weighted by Gasteiger charge is -2.43. The minimum Gasteiger partial charge on any atom is -0.492 e. The van der Waals surface area contributed by atoms with Gasteiger partial charge in [0, 0.05) is 29.2 Å². The zero-order valence-corrected chi connectivity index (χ0v) is 20.5. The minimum atomic E-state index is -0.122. The maximum Gasteiger partial charge on any atom is 0.274 e. The van der Waals surface area contributed by atoms with Gasteiger partial charge in [-0.05, 0) is 67.6 Å². The first-order valence-electron chi connectivity index (χ1n) is 11.3. The number of para-hydroxylation sites is 1. The molecular formula is C26H30Cl2N4O2. The Bertz CT molecular complexity index is 1040. The third-order valence-electron chi connectivity index (χ3n) is 6.58. The van der Waals surface area contributed by atoms with Crippen LogP contribution in [0, 0.1) is 0 Å². The number of nitrogens with two attached hydrogens (primary N) is 1. The van der Waals surface area contributed by atoms with E-state index in [0.717, 1.165) is 36.5 Å². The Morgan fingerprint density at radius 2 is 1.85 bits per heavy atom. The number of hydrogen-bond donors (Lipinski definition) is 1. The Hall–Kier alpha value is -2.67. The van der Waals surface area contributed by atoms with Crippen molar-refractivity contribution in [3.63, 3.8) is 0 Å². The molecule has 180 valence electrons. The highest BCUT2D eigenvalue weighted by Crippen LogP contribution is 2.41. The van der Waals surface area contributed by atoms with Crippen molar-refractivity contribution >= 4 is 29.9 Å². The predicted molar refractivity (Wildman–Crippen MR) is 137 cm³/mol.